The second-order valence-corrected chi connectivity index (χ2v) is 10.7. The van der Waals surface area contributed by atoms with Gasteiger partial charge in [0.15, 0.2) is 19.7 Å². The van der Waals surface area contributed by atoms with Crippen molar-refractivity contribution in [3.8, 4) is 5.75 Å². The highest BCUT2D eigenvalue weighted by molar-refractivity contribution is 7.96. The predicted octanol–water partition coefficient (Wildman–Crippen LogP) is 0.695. The Morgan fingerprint density at radius 3 is 2.52 bits per heavy atom. The van der Waals surface area contributed by atoms with E-state index in [9.17, 15) is 16.8 Å². The van der Waals surface area contributed by atoms with Crippen molar-refractivity contribution in [2.24, 2.45) is 0 Å². The maximum Gasteiger partial charge on any atom is 0.187 e. The summed E-state index contributed by atoms with van der Waals surface area (Å²) in [4.78, 5) is 0.0738. The van der Waals surface area contributed by atoms with Crippen molar-refractivity contribution >= 4 is 19.7 Å². The summed E-state index contributed by atoms with van der Waals surface area (Å²) in [5.74, 6) is -0.205. The summed E-state index contributed by atoms with van der Waals surface area (Å²) < 4.78 is 55.4. The van der Waals surface area contributed by atoms with Gasteiger partial charge < -0.3 is 10.1 Å². The fourth-order valence-corrected chi connectivity index (χ4v) is 7.92. The van der Waals surface area contributed by atoms with Gasteiger partial charge in [-0.1, -0.05) is 6.07 Å². The number of hydrogen-bond acceptors (Lipinski definition) is 6. The molecule has 2 atom stereocenters. The Kier molecular flexibility index (Phi) is 4.18. The Balaban J connectivity index is 2.01. The van der Waals surface area contributed by atoms with Gasteiger partial charge in [-0.25, -0.2) is 16.8 Å². The van der Waals surface area contributed by atoms with E-state index in [1.54, 1.807) is 25.1 Å². The van der Waals surface area contributed by atoms with Crippen LogP contribution in [0.1, 0.15) is 18.4 Å². The lowest BCUT2D eigenvalue weighted by atomic mass is 10.2. The molecule has 3 rings (SSSR count). The van der Waals surface area contributed by atoms with Gasteiger partial charge in [0.2, 0.25) is 0 Å². The number of aryl methyl sites for hydroxylation is 1. The van der Waals surface area contributed by atoms with Gasteiger partial charge in [0, 0.05) is 12.1 Å². The lowest BCUT2D eigenvalue weighted by molar-refractivity contribution is 0.402. The molecule has 1 aliphatic carbocycles. The van der Waals surface area contributed by atoms with Crippen molar-refractivity contribution < 1.29 is 21.6 Å². The molecule has 1 saturated carbocycles. The zero-order valence-electron chi connectivity index (χ0n) is 13.2. The van der Waals surface area contributed by atoms with Crippen molar-refractivity contribution in [1.29, 1.82) is 0 Å². The van der Waals surface area contributed by atoms with Gasteiger partial charge >= 0.3 is 0 Å². The van der Waals surface area contributed by atoms with Gasteiger partial charge in [-0.2, -0.15) is 0 Å². The minimum absolute atomic E-state index is 0.0738. The second kappa shape index (κ2) is 5.75. The van der Waals surface area contributed by atoms with Crippen molar-refractivity contribution in [2.45, 2.75) is 42.0 Å². The average molecular weight is 359 g/mol. The topological polar surface area (TPSA) is 89.5 Å². The number of ether oxygens (including phenoxy) is 1. The van der Waals surface area contributed by atoms with Crippen LogP contribution in [0.25, 0.3) is 0 Å². The number of methoxy groups -OCH3 is 1. The first kappa shape index (κ1) is 16.7. The quantitative estimate of drug-likeness (QED) is 0.832. The number of hydrogen-bond donors (Lipinski definition) is 1. The monoisotopic (exact) mass is 359 g/mol. The van der Waals surface area contributed by atoms with Gasteiger partial charge in [0.05, 0.1) is 23.9 Å². The van der Waals surface area contributed by atoms with Crippen LogP contribution < -0.4 is 10.1 Å². The molecular weight excluding hydrogens is 338 g/mol. The third-order valence-electron chi connectivity index (χ3n) is 4.35. The van der Waals surface area contributed by atoms with E-state index in [1.807, 2.05) is 0 Å². The summed E-state index contributed by atoms with van der Waals surface area (Å²) in [7, 11) is -5.76. The van der Waals surface area contributed by atoms with Gasteiger partial charge in [0.25, 0.3) is 0 Å². The standard InChI is InChI=1S/C15H21NO5S2/c1-10-3-6-13(21-2)14(7-10)23(19,20)15-9-22(17,18)8-12(15)16-11-4-5-11/h3,6-7,11-12,15-16H,4-5,8-9H2,1-2H3/t12-,15+/m0/s1. The number of sulfone groups is 2. The molecular formula is C15H21NO5S2. The first-order chi connectivity index (χ1) is 10.7. The van der Waals surface area contributed by atoms with E-state index in [2.05, 4.69) is 5.32 Å². The number of rotatable bonds is 5. The molecule has 2 fully saturated rings. The molecule has 0 radical (unpaired) electrons. The smallest absolute Gasteiger partial charge is 0.187 e. The van der Waals surface area contributed by atoms with Crippen LogP contribution in [0, 0.1) is 6.92 Å². The molecule has 0 unspecified atom stereocenters. The van der Waals surface area contributed by atoms with E-state index in [0.29, 0.717) is 0 Å². The zero-order chi connectivity index (χ0) is 16.8. The van der Waals surface area contributed by atoms with Crippen LogP contribution in [0.15, 0.2) is 23.1 Å². The van der Waals surface area contributed by atoms with E-state index in [1.165, 1.54) is 7.11 Å². The molecule has 128 valence electrons. The summed E-state index contributed by atoms with van der Waals surface area (Å²) in [6, 6.07) is 4.61. The SMILES string of the molecule is COc1ccc(C)cc1S(=O)(=O)[C@@H]1CS(=O)(=O)C[C@@H]1NC1CC1. The van der Waals surface area contributed by atoms with Crippen LogP contribution in [0.4, 0.5) is 0 Å². The first-order valence-corrected chi connectivity index (χ1v) is 10.9. The van der Waals surface area contributed by atoms with Crippen molar-refractivity contribution in [2.75, 3.05) is 18.6 Å². The van der Waals surface area contributed by atoms with E-state index in [4.69, 9.17) is 4.74 Å². The minimum Gasteiger partial charge on any atom is -0.495 e. The summed E-state index contributed by atoms with van der Waals surface area (Å²) in [5.41, 5.74) is 0.789. The maximum atomic E-state index is 13.1. The van der Waals surface area contributed by atoms with Crippen molar-refractivity contribution in [3.63, 3.8) is 0 Å². The van der Waals surface area contributed by atoms with Gasteiger partial charge in [-0.05, 0) is 37.5 Å². The Morgan fingerprint density at radius 2 is 1.91 bits per heavy atom. The lowest BCUT2D eigenvalue weighted by Gasteiger charge is -2.21. The first-order valence-electron chi connectivity index (χ1n) is 7.58. The van der Waals surface area contributed by atoms with Crippen LogP contribution in [-0.4, -0.2) is 52.8 Å². The third-order valence-corrected chi connectivity index (χ3v) is 8.52. The largest absolute Gasteiger partial charge is 0.495 e. The predicted molar refractivity (Wildman–Crippen MR) is 87.3 cm³/mol. The normalized spacial score (nSPS) is 27.0. The van der Waals surface area contributed by atoms with E-state index in [-0.39, 0.29) is 28.2 Å². The Labute approximate surface area is 137 Å². The third kappa shape index (κ3) is 3.39. The summed E-state index contributed by atoms with van der Waals surface area (Å²) in [6.45, 7) is 1.80. The number of nitrogens with one attached hydrogen (secondary N) is 1. The van der Waals surface area contributed by atoms with Crippen molar-refractivity contribution in [1.82, 2.24) is 5.32 Å². The van der Waals surface area contributed by atoms with E-state index in [0.717, 1.165) is 18.4 Å². The second-order valence-electron chi connectivity index (χ2n) is 6.36. The van der Waals surface area contributed by atoms with E-state index < -0.39 is 31.0 Å². The molecule has 1 aromatic rings. The molecule has 2 aliphatic rings. The molecule has 0 bridgehead atoms. The van der Waals surface area contributed by atoms with Crippen LogP contribution in [0.3, 0.4) is 0 Å². The maximum absolute atomic E-state index is 13.1. The highest BCUT2D eigenvalue weighted by atomic mass is 32.2. The van der Waals surface area contributed by atoms with Gasteiger partial charge in [-0.3, -0.25) is 0 Å². The minimum atomic E-state index is -3.81. The highest BCUT2D eigenvalue weighted by Gasteiger charge is 2.48. The van der Waals surface area contributed by atoms with Crippen LogP contribution >= 0.6 is 0 Å². The molecule has 1 aliphatic heterocycles. The molecule has 6 nitrogen and oxygen atoms in total. The summed E-state index contributed by atoms with van der Waals surface area (Å²) >= 11 is 0. The summed E-state index contributed by atoms with van der Waals surface area (Å²) in [5, 5.41) is 2.22. The molecule has 1 aromatic carbocycles. The average Bonchev–Trinajstić information content (AvgIpc) is 3.22. The molecule has 1 N–H and O–H groups in total. The fraction of sp³-hybridized carbons (Fsp3) is 0.600. The highest BCUT2D eigenvalue weighted by Crippen LogP contribution is 2.33. The Hall–Kier alpha value is -1.12. The van der Waals surface area contributed by atoms with Gasteiger partial charge in [-0.15, -0.1) is 0 Å². The molecule has 0 aromatic heterocycles. The van der Waals surface area contributed by atoms with Crippen molar-refractivity contribution in [3.05, 3.63) is 23.8 Å². The van der Waals surface area contributed by atoms with Crippen LogP contribution in [0.2, 0.25) is 0 Å². The molecule has 23 heavy (non-hydrogen) atoms. The lowest BCUT2D eigenvalue weighted by Crippen LogP contribution is -2.44. The zero-order valence-corrected chi connectivity index (χ0v) is 14.8. The Morgan fingerprint density at radius 1 is 1.22 bits per heavy atom. The van der Waals surface area contributed by atoms with Gasteiger partial charge in [0.1, 0.15) is 10.6 Å². The summed E-state index contributed by atoms with van der Waals surface area (Å²) in [6.07, 6.45) is 1.94. The Bertz CT molecular complexity index is 812. The van der Waals surface area contributed by atoms with Crippen LogP contribution in [-0.2, 0) is 19.7 Å². The molecule has 0 amide bonds. The van der Waals surface area contributed by atoms with E-state index >= 15 is 0 Å². The molecule has 1 heterocycles. The molecule has 1 saturated heterocycles. The molecule has 8 heteroatoms. The van der Waals surface area contributed by atoms with Crippen LogP contribution in [0.5, 0.6) is 5.75 Å². The fourth-order valence-electron chi connectivity index (χ4n) is 3.00. The number of benzene rings is 1. The molecule has 0 spiro atoms.